The van der Waals surface area contributed by atoms with Gasteiger partial charge in [-0.2, -0.15) is 0 Å². The van der Waals surface area contributed by atoms with Crippen molar-refractivity contribution in [2.45, 2.75) is 140 Å². The molecular weight excluding hydrogens is 684 g/mol. The van der Waals surface area contributed by atoms with E-state index in [9.17, 15) is 9.59 Å². The van der Waals surface area contributed by atoms with Crippen molar-refractivity contribution in [2.24, 2.45) is 23.3 Å². The van der Waals surface area contributed by atoms with Crippen molar-refractivity contribution in [1.82, 2.24) is 10.6 Å². The fourth-order valence-electron chi connectivity index (χ4n) is 8.85. The number of amides is 2. The van der Waals surface area contributed by atoms with Gasteiger partial charge in [-0.1, -0.05) is 105 Å². The number of carbonyl (C=O) groups is 2. The third-order valence-corrected chi connectivity index (χ3v) is 11.9. The lowest BCUT2D eigenvalue weighted by Crippen LogP contribution is -2.50. The summed E-state index contributed by atoms with van der Waals surface area (Å²) in [7, 11) is 1.59. The number of benzene rings is 3. The highest BCUT2D eigenvalue weighted by Gasteiger charge is 2.34. The molecule has 290 valence electrons. The number of hydrogen-bond donors (Lipinski definition) is 4. The summed E-state index contributed by atoms with van der Waals surface area (Å²) in [4.78, 5) is 27.2. The lowest BCUT2D eigenvalue weighted by Gasteiger charge is -2.35. The SMILES string of the molecule is COC(C(=O)N[C@@H](C)c1cc2ccccc2cc1C1CCCC(C[C@@H](N)C(OC(C)C)C(=O)NCCc2ccccc2Cl)C1)[C@H](N)CC1CCCCC1. The Morgan fingerprint density at radius 1 is 0.811 bits per heavy atom. The second kappa shape index (κ2) is 20.1. The average Bonchev–Trinajstić information content (AvgIpc) is 3.14. The first kappa shape index (κ1) is 41.2. The van der Waals surface area contributed by atoms with Crippen LogP contribution in [0.2, 0.25) is 5.02 Å². The van der Waals surface area contributed by atoms with Crippen molar-refractivity contribution in [1.29, 1.82) is 0 Å². The third kappa shape index (κ3) is 11.5. The summed E-state index contributed by atoms with van der Waals surface area (Å²) in [6, 6.07) is 19.6. The van der Waals surface area contributed by atoms with Gasteiger partial charge >= 0.3 is 0 Å². The first-order valence-corrected chi connectivity index (χ1v) is 20.4. The normalized spacial score (nSPS) is 21.1. The van der Waals surface area contributed by atoms with Crippen LogP contribution in [0.3, 0.4) is 0 Å². The Morgan fingerprint density at radius 2 is 1.45 bits per heavy atom. The molecule has 2 saturated carbocycles. The van der Waals surface area contributed by atoms with Crippen molar-refractivity contribution < 1.29 is 19.1 Å². The van der Waals surface area contributed by atoms with E-state index in [4.69, 9.17) is 32.5 Å². The van der Waals surface area contributed by atoms with Crippen LogP contribution in [-0.4, -0.2) is 55.9 Å². The second-order valence-corrected chi connectivity index (χ2v) is 16.4. The van der Waals surface area contributed by atoms with Crippen molar-refractivity contribution in [3.63, 3.8) is 0 Å². The van der Waals surface area contributed by atoms with E-state index in [2.05, 4.69) is 54.0 Å². The maximum absolute atomic E-state index is 13.7. The van der Waals surface area contributed by atoms with Crippen LogP contribution in [0.25, 0.3) is 10.8 Å². The summed E-state index contributed by atoms with van der Waals surface area (Å²) in [6.45, 7) is 6.40. The van der Waals surface area contributed by atoms with Gasteiger partial charge in [-0.15, -0.1) is 0 Å². The topological polar surface area (TPSA) is 129 Å². The fourth-order valence-corrected chi connectivity index (χ4v) is 9.08. The molecule has 4 unspecified atom stereocenters. The van der Waals surface area contributed by atoms with E-state index in [0.29, 0.717) is 42.2 Å². The lowest BCUT2D eigenvalue weighted by atomic mass is 9.73. The maximum Gasteiger partial charge on any atom is 0.251 e. The standard InChI is InChI=1S/C44H63ClN4O4/c1-28(2)53-42(43(50)48-22-21-32-16-10-11-20-38(32)45)40(47)25-31-15-12-19-35(23-31)37-27-34-18-9-8-17-33(34)26-36(37)29(3)49-44(51)41(52-4)39(46)24-30-13-6-5-7-14-30/h8-11,16-18,20,26-31,35,39-42H,5-7,12-15,19,21-25,46-47H2,1-4H3,(H,48,50)(H,49,51)/t29-,31?,35?,39+,40+,41?,42?/m0/s1. The number of methoxy groups -OCH3 is 1. The third-order valence-electron chi connectivity index (χ3n) is 11.6. The molecule has 0 saturated heterocycles. The Morgan fingerprint density at radius 3 is 2.15 bits per heavy atom. The number of carbonyl (C=O) groups excluding carboxylic acids is 2. The number of halogens is 1. The quantitative estimate of drug-likeness (QED) is 0.110. The van der Waals surface area contributed by atoms with E-state index in [1.807, 2.05) is 38.1 Å². The number of fused-ring (bicyclic) bond motifs is 1. The van der Waals surface area contributed by atoms with Crippen LogP contribution < -0.4 is 22.1 Å². The number of hydrogen-bond acceptors (Lipinski definition) is 6. The molecule has 3 aromatic rings. The first-order chi connectivity index (χ1) is 25.5. The van der Waals surface area contributed by atoms with Gasteiger partial charge in [-0.25, -0.2) is 0 Å². The molecule has 0 heterocycles. The van der Waals surface area contributed by atoms with Crippen LogP contribution in [0.1, 0.15) is 120 Å². The predicted octanol–water partition coefficient (Wildman–Crippen LogP) is 8.13. The smallest absolute Gasteiger partial charge is 0.251 e. The van der Waals surface area contributed by atoms with E-state index >= 15 is 0 Å². The molecule has 0 spiro atoms. The van der Waals surface area contributed by atoms with Gasteiger partial charge in [0.1, 0.15) is 0 Å². The van der Waals surface area contributed by atoms with Gasteiger partial charge in [0.15, 0.2) is 12.2 Å². The molecule has 8 nitrogen and oxygen atoms in total. The molecule has 2 aliphatic rings. The number of nitrogens with two attached hydrogens (primary N) is 2. The van der Waals surface area contributed by atoms with Crippen molar-refractivity contribution in [3.8, 4) is 0 Å². The minimum Gasteiger partial charge on any atom is -0.370 e. The van der Waals surface area contributed by atoms with E-state index < -0.39 is 18.2 Å². The largest absolute Gasteiger partial charge is 0.370 e. The highest BCUT2D eigenvalue weighted by atomic mass is 35.5. The summed E-state index contributed by atoms with van der Waals surface area (Å²) in [5.41, 5.74) is 16.9. The van der Waals surface area contributed by atoms with Crippen LogP contribution in [-0.2, 0) is 25.5 Å². The zero-order valence-electron chi connectivity index (χ0n) is 32.3. The fraction of sp³-hybridized carbons (Fsp3) is 0.591. The van der Waals surface area contributed by atoms with Crippen LogP contribution in [0, 0.1) is 11.8 Å². The highest BCUT2D eigenvalue weighted by Crippen LogP contribution is 2.42. The van der Waals surface area contributed by atoms with E-state index in [0.717, 1.165) is 48.6 Å². The van der Waals surface area contributed by atoms with Gasteiger partial charge in [0.2, 0.25) is 0 Å². The summed E-state index contributed by atoms with van der Waals surface area (Å²) in [5.74, 6) is 0.844. The molecule has 0 radical (unpaired) electrons. The van der Waals surface area contributed by atoms with Gasteiger partial charge in [0.25, 0.3) is 11.8 Å². The molecule has 9 heteroatoms. The van der Waals surface area contributed by atoms with Gasteiger partial charge in [0.05, 0.1) is 12.1 Å². The van der Waals surface area contributed by atoms with Gasteiger partial charge in [-0.05, 0) is 110 Å². The van der Waals surface area contributed by atoms with Crippen LogP contribution >= 0.6 is 11.6 Å². The molecule has 2 fully saturated rings. The minimum atomic E-state index is -0.744. The molecule has 5 rings (SSSR count). The summed E-state index contributed by atoms with van der Waals surface area (Å²) in [5, 5.41) is 9.38. The molecule has 6 N–H and O–H groups in total. The number of ether oxygens (including phenoxy) is 2. The molecule has 2 amide bonds. The highest BCUT2D eigenvalue weighted by molar-refractivity contribution is 6.31. The van der Waals surface area contributed by atoms with Crippen LogP contribution in [0.5, 0.6) is 0 Å². The second-order valence-electron chi connectivity index (χ2n) is 16.0. The molecule has 3 aromatic carbocycles. The van der Waals surface area contributed by atoms with Crippen molar-refractivity contribution in [2.75, 3.05) is 13.7 Å². The Hall–Kier alpha value is -3.01. The molecule has 0 aromatic heterocycles. The number of rotatable bonds is 17. The van der Waals surface area contributed by atoms with Gasteiger partial charge in [0, 0.05) is 30.8 Å². The minimum absolute atomic E-state index is 0.143. The maximum atomic E-state index is 13.7. The molecule has 7 atom stereocenters. The summed E-state index contributed by atoms with van der Waals surface area (Å²) in [6.07, 6.45) is 10.8. The van der Waals surface area contributed by atoms with Crippen molar-refractivity contribution in [3.05, 3.63) is 82.4 Å². The van der Waals surface area contributed by atoms with Crippen molar-refractivity contribution >= 4 is 34.2 Å². The first-order valence-electron chi connectivity index (χ1n) is 20.1. The molecule has 0 aliphatic heterocycles. The molecule has 53 heavy (non-hydrogen) atoms. The lowest BCUT2D eigenvalue weighted by molar-refractivity contribution is -0.137. The monoisotopic (exact) mass is 746 g/mol. The van der Waals surface area contributed by atoms with E-state index in [-0.39, 0.29) is 30.0 Å². The predicted molar refractivity (Wildman–Crippen MR) is 216 cm³/mol. The van der Waals surface area contributed by atoms with Crippen LogP contribution in [0.15, 0.2) is 60.7 Å². The Bertz CT molecular complexity index is 1630. The van der Waals surface area contributed by atoms with Gasteiger partial charge < -0.3 is 31.6 Å². The zero-order valence-corrected chi connectivity index (χ0v) is 33.1. The Balaban J connectivity index is 1.27. The Labute approximate surface area is 322 Å². The zero-order chi connectivity index (χ0) is 37.9. The molecule has 2 aliphatic carbocycles. The Kier molecular flexibility index (Phi) is 15.6. The molecule has 0 bridgehead atoms. The summed E-state index contributed by atoms with van der Waals surface area (Å²) >= 11 is 6.34. The number of nitrogens with one attached hydrogen (secondary N) is 2. The summed E-state index contributed by atoms with van der Waals surface area (Å²) < 4.78 is 11.9. The van der Waals surface area contributed by atoms with E-state index in [1.54, 1.807) is 7.11 Å². The average molecular weight is 747 g/mol. The molecular formula is C44H63ClN4O4. The van der Waals surface area contributed by atoms with E-state index in [1.165, 1.54) is 43.1 Å². The van der Waals surface area contributed by atoms with Crippen LogP contribution in [0.4, 0.5) is 0 Å². The van der Waals surface area contributed by atoms with Gasteiger partial charge in [-0.3, -0.25) is 9.59 Å².